The molecule has 122 valence electrons. The fourth-order valence-corrected chi connectivity index (χ4v) is 3.06. The highest BCUT2D eigenvalue weighted by Gasteiger charge is 2.58. The molecule has 1 unspecified atom stereocenters. The number of ether oxygens (including phenoxy) is 3. The molecule has 4 rings (SSSR count). The van der Waals surface area contributed by atoms with Crippen molar-refractivity contribution in [1.29, 1.82) is 0 Å². The van der Waals surface area contributed by atoms with Crippen molar-refractivity contribution in [2.24, 2.45) is 0 Å². The number of carbonyl (C=O) groups is 1. The summed E-state index contributed by atoms with van der Waals surface area (Å²) in [6.07, 6.45) is -0.391. The number of rotatable bonds is 2. The molecule has 2 saturated heterocycles. The summed E-state index contributed by atoms with van der Waals surface area (Å²) < 4.78 is 18.8. The Balaban J connectivity index is 1.78. The Kier molecular flexibility index (Phi) is 2.86. The van der Waals surface area contributed by atoms with E-state index in [0.717, 1.165) is 0 Å². The molecule has 2 aromatic rings. The molecule has 10 heteroatoms. The second kappa shape index (κ2) is 4.60. The van der Waals surface area contributed by atoms with Crippen molar-refractivity contribution in [2.75, 3.05) is 5.73 Å². The molecule has 0 amide bonds. The summed E-state index contributed by atoms with van der Waals surface area (Å²) in [5.41, 5.74) is 6.64. The summed E-state index contributed by atoms with van der Waals surface area (Å²) in [5, 5.41) is 9.37. The Labute approximate surface area is 130 Å². The minimum absolute atomic E-state index is 0.238. The van der Waals surface area contributed by atoms with Crippen LogP contribution in [-0.4, -0.2) is 54.7 Å². The predicted octanol–water partition coefficient (Wildman–Crippen LogP) is -0.0894. The number of nitrogens with zero attached hydrogens (tertiary/aromatic N) is 4. The number of nitrogen functional groups attached to an aromatic ring is 1. The number of hydrogen-bond donors (Lipinski definition) is 2. The average Bonchev–Trinajstić information content (AvgIpc) is 3.09. The highest BCUT2D eigenvalue weighted by Crippen LogP contribution is 2.43. The number of hydrogen-bond acceptors (Lipinski definition) is 8. The normalized spacial score (nSPS) is 32.3. The zero-order valence-corrected chi connectivity index (χ0v) is 12.4. The summed E-state index contributed by atoms with van der Waals surface area (Å²) >= 11 is 0. The Hall–Kier alpha value is -2.30. The van der Waals surface area contributed by atoms with E-state index in [1.54, 1.807) is 18.4 Å². The van der Waals surface area contributed by atoms with Gasteiger partial charge in [-0.2, -0.15) is 0 Å². The first-order chi connectivity index (χ1) is 10.9. The van der Waals surface area contributed by atoms with E-state index in [9.17, 15) is 9.90 Å². The van der Waals surface area contributed by atoms with Crippen LogP contribution in [0.1, 0.15) is 20.1 Å². The number of carboxylic acids is 1. The molecule has 4 heterocycles. The smallest absolute Gasteiger partial charge is 0.335 e. The molecule has 10 nitrogen and oxygen atoms in total. The number of aromatic nitrogens is 4. The van der Waals surface area contributed by atoms with Gasteiger partial charge in [0.1, 0.15) is 24.1 Å². The zero-order valence-electron chi connectivity index (χ0n) is 12.4. The van der Waals surface area contributed by atoms with Crippen LogP contribution in [0.4, 0.5) is 5.82 Å². The van der Waals surface area contributed by atoms with E-state index in [0.29, 0.717) is 11.2 Å². The van der Waals surface area contributed by atoms with Crippen molar-refractivity contribution in [3.05, 3.63) is 12.7 Å². The number of aliphatic carboxylic acids is 1. The van der Waals surface area contributed by atoms with Gasteiger partial charge in [0, 0.05) is 0 Å². The van der Waals surface area contributed by atoms with E-state index >= 15 is 0 Å². The minimum atomic E-state index is -1.14. The molecule has 4 atom stereocenters. The summed E-state index contributed by atoms with van der Waals surface area (Å²) in [4.78, 5) is 23.7. The van der Waals surface area contributed by atoms with Gasteiger partial charge in [0.25, 0.3) is 0 Å². The fraction of sp³-hybridized carbons (Fsp3) is 0.538. The van der Waals surface area contributed by atoms with Crippen LogP contribution < -0.4 is 5.73 Å². The summed E-state index contributed by atoms with van der Waals surface area (Å²) in [6.45, 7) is 3.46. The van der Waals surface area contributed by atoms with Gasteiger partial charge in [0.05, 0.1) is 6.33 Å². The zero-order chi connectivity index (χ0) is 16.4. The van der Waals surface area contributed by atoms with Crippen molar-refractivity contribution >= 4 is 23.0 Å². The van der Waals surface area contributed by atoms with Crippen LogP contribution in [0.2, 0.25) is 0 Å². The van der Waals surface area contributed by atoms with Crippen molar-refractivity contribution in [3.63, 3.8) is 0 Å². The third-order valence-electron chi connectivity index (χ3n) is 3.93. The van der Waals surface area contributed by atoms with Crippen LogP contribution in [0.15, 0.2) is 12.7 Å². The first-order valence-corrected chi connectivity index (χ1v) is 7.04. The van der Waals surface area contributed by atoms with Crippen LogP contribution >= 0.6 is 0 Å². The van der Waals surface area contributed by atoms with Gasteiger partial charge in [-0.05, 0) is 13.8 Å². The quantitative estimate of drug-likeness (QED) is 0.777. The van der Waals surface area contributed by atoms with Gasteiger partial charge in [-0.25, -0.2) is 19.7 Å². The van der Waals surface area contributed by atoms with Gasteiger partial charge < -0.3 is 25.1 Å². The van der Waals surface area contributed by atoms with Crippen molar-refractivity contribution in [2.45, 2.75) is 44.2 Å². The van der Waals surface area contributed by atoms with Crippen molar-refractivity contribution < 1.29 is 24.1 Å². The van der Waals surface area contributed by atoms with E-state index < -0.39 is 36.3 Å². The van der Waals surface area contributed by atoms with Gasteiger partial charge >= 0.3 is 5.97 Å². The SMILES string of the molecule is CC1(C)OC2[C@@H](O1)[C@@H](C(=O)O)O[C@H]2n1cnc2c(N)ncnc21. The molecule has 2 aliphatic heterocycles. The minimum Gasteiger partial charge on any atom is -0.479 e. The van der Waals surface area contributed by atoms with E-state index in [4.69, 9.17) is 19.9 Å². The van der Waals surface area contributed by atoms with Crippen LogP contribution in [0, 0.1) is 0 Å². The van der Waals surface area contributed by atoms with Crippen LogP contribution in [0.3, 0.4) is 0 Å². The van der Waals surface area contributed by atoms with Gasteiger partial charge in [0.2, 0.25) is 0 Å². The third kappa shape index (κ3) is 2.06. The number of imidazole rings is 1. The molecule has 0 aliphatic carbocycles. The lowest BCUT2D eigenvalue weighted by Gasteiger charge is -2.23. The maximum absolute atomic E-state index is 11.5. The molecule has 23 heavy (non-hydrogen) atoms. The highest BCUT2D eigenvalue weighted by molar-refractivity contribution is 5.81. The van der Waals surface area contributed by atoms with E-state index in [2.05, 4.69) is 15.0 Å². The third-order valence-corrected chi connectivity index (χ3v) is 3.93. The Morgan fingerprint density at radius 2 is 2.04 bits per heavy atom. The molecule has 0 bridgehead atoms. The molecule has 2 aromatic heterocycles. The summed E-state index contributed by atoms with van der Waals surface area (Å²) in [6, 6.07) is 0. The van der Waals surface area contributed by atoms with Crippen molar-refractivity contribution in [1.82, 2.24) is 19.5 Å². The molecular formula is C13H15N5O5. The number of anilines is 1. The average molecular weight is 321 g/mol. The Morgan fingerprint density at radius 3 is 2.78 bits per heavy atom. The first kappa shape index (κ1) is 14.3. The van der Waals surface area contributed by atoms with Gasteiger partial charge in [-0.3, -0.25) is 4.57 Å². The molecule has 0 saturated carbocycles. The van der Waals surface area contributed by atoms with Crippen LogP contribution in [0.25, 0.3) is 11.2 Å². The lowest BCUT2D eigenvalue weighted by Crippen LogP contribution is -2.35. The van der Waals surface area contributed by atoms with Crippen LogP contribution in [0.5, 0.6) is 0 Å². The summed E-state index contributed by atoms with van der Waals surface area (Å²) in [5.74, 6) is -1.76. The number of nitrogens with two attached hydrogens (primary N) is 1. The van der Waals surface area contributed by atoms with Gasteiger partial charge in [-0.1, -0.05) is 0 Å². The molecule has 0 spiro atoms. The van der Waals surface area contributed by atoms with Gasteiger partial charge in [0.15, 0.2) is 29.6 Å². The lowest BCUT2D eigenvalue weighted by molar-refractivity contribution is -0.202. The summed E-state index contributed by atoms with van der Waals surface area (Å²) in [7, 11) is 0. The molecular weight excluding hydrogens is 306 g/mol. The van der Waals surface area contributed by atoms with E-state index in [1.165, 1.54) is 12.7 Å². The van der Waals surface area contributed by atoms with Crippen LogP contribution in [-0.2, 0) is 19.0 Å². The monoisotopic (exact) mass is 321 g/mol. The lowest BCUT2D eigenvalue weighted by atomic mass is 10.1. The molecule has 0 aromatic carbocycles. The molecule has 2 fully saturated rings. The standard InChI is InChI=1S/C13H15N5O5/c1-13(2)22-6-7(23-13)11(21-8(6)12(19)20)18-4-17-5-9(14)15-3-16-10(5)18/h3-4,6-8,11H,1-2H3,(H,19,20)(H2,14,15,16)/t6-,7?,8+,11-/m1/s1. The first-order valence-electron chi connectivity index (χ1n) is 7.04. The number of carboxylic acid groups (broad SMARTS) is 1. The van der Waals surface area contributed by atoms with Crippen molar-refractivity contribution in [3.8, 4) is 0 Å². The van der Waals surface area contributed by atoms with E-state index in [1.807, 2.05) is 0 Å². The second-order valence-electron chi connectivity index (χ2n) is 5.93. The second-order valence-corrected chi connectivity index (χ2v) is 5.93. The maximum Gasteiger partial charge on any atom is 0.335 e. The molecule has 3 N–H and O–H groups in total. The highest BCUT2D eigenvalue weighted by atomic mass is 16.8. The Morgan fingerprint density at radius 1 is 1.30 bits per heavy atom. The van der Waals surface area contributed by atoms with E-state index in [-0.39, 0.29) is 5.82 Å². The topological polar surface area (TPSA) is 135 Å². The fourth-order valence-electron chi connectivity index (χ4n) is 3.06. The maximum atomic E-state index is 11.5. The number of fused-ring (bicyclic) bond motifs is 2. The largest absolute Gasteiger partial charge is 0.479 e. The predicted molar refractivity (Wildman–Crippen MR) is 75.1 cm³/mol. The van der Waals surface area contributed by atoms with Gasteiger partial charge in [-0.15, -0.1) is 0 Å². The molecule has 0 radical (unpaired) electrons. The molecule has 2 aliphatic rings. The Bertz CT molecular complexity index is 790.